The Morgan fingerprint density at radius 3 is 2.17 bits per heavy atom. The number of hydrogen-bond acceptors (Lipinski definition) is 9. The number of ether oxygens (including phenoxy) is 1. The lowest BCUT2D eigenvalue weighted by atomic mass is 9.83. The van der Waals surface area contributed by atoms with Crippen molar-refractivity contribution in [1.29, 1.82) is 0 Å². The topological polar surface area (TPSA) is 239 Å². The molecule has 3 aliphatic heterocycles. The lowest BCUT2D eigenvalue weighted by Crippen LogP contribution is -2.47. The van der Waals surface area contributed by atoms with Crippen molar-refractivity contribution in [2.75, 3.05) is 43.6 Å². The molecule has 0 aromatic heterocycles. The zero-order valence-electron chi connectivity index (χ0n) is 33.6. The van der Waals surface area contributed by atoms with Crippen molar-refractivity contribution in [2.24, 2.45) is 5.11 Å². The molecule has 0 atom stereocenters. The van der Waals surface area contributed by atoms with Gasteiger partial charge in [-0.3, -0.25) is 13.9 Å². The summed E-state index contributed by atoms with van der Waals surface area (Å²) in [5.74, 6) is -2.58. The highest BCUT2D eigenvalue weighted by molar-refractivity contribution is 7.86. The average Bonchev–Trinajstić information content (AvgIpc) is 3.13. The number of amides is 1. The van der Waals surface area contributed by atoms with E-state index in [4.69, 9.17) is 10.3 Å². The highest BCUT2D eigenvalue weighted by Crippen LogP contribution is 2.46. The van der Waals surface area contributed by atoms with E-state index in [1.54, 1.807) is 36.4 Å². The number of azide groups is 1. The number of fused-ring (bicyclic) bond motifs is 4. The Kier molecular flexibility index (Phi) is 11.6. The van der Waals surface area contributed by atoms with Crippen LogP contribution in [0.3, 0.4) is 0 Å². The van der Waals surface area contributed by atoms with Gasteiger partial charge in [-0.25, -0.2) is 9.37 Å². The maximum atomic E-state index is 13.3. The molecule has 16 nitrogen and oxygen atoms in total. The molecule has 4 N–H and O–H groups in total. The Bertz CT molecular complexity index is 2770. The Morgan fingerprint density at radius 2 is 1.53 bits per heavy atom. The van der Waals surface area contributed by atoms with Crippen molar-refractivity contribution in [2.45, 2.75) is 64.5 Å². The van der Waals surface area contributed by atoms with E-state index in [-0.39, 0.29) is 16.7 Å². The smallest absolute Gasteiger partial charge is 0.336 e. The molecule has 0 fully saturated rings. The molecular formula is C41H47N6O10S2+. The summed E-state index contributed by atoms with van der Waals surface area (Å²) >= 11 is 0. The predicted octanol–water partition coefficient (Wildman–Crippen LogP) is 5.02. The van der Waals surface area contributed by atoms with Gasteiger partial charge in [-0.1, -0.05) is 30.1 Å². The van der Waals surface area contributed by atoms with E-state index in [9.17, 15) is 40.6 Å². The number of nitrogens with one attached hydrogen (secondary N) is 1. The molecule has 0 radical (unpaired) electrons. The van der Waals surface area contributed by atoms with E-state index in [0.29, 0.717) is 80.7 Å². The molecule has 0 saturated heterocycles. The summed E-state index contributed by atoms with van der Waals surface area (Å²) in [4.78, 5) is 31.1. The molecule has 0 bridgehead atoms. The minimum atomic E-state index is -4.50. The van der Waals surface area contributed by atoms with Crippen LogP contribution in [-0.2, 0) is 20.2 Å². The van der Waals surface area contributed by atoms with Gasteiger partial charge in [0.15, 0.2) is 5.54 Å². The first-order valence-corrected chi connectivity index (χ1v) is 22.1. The number of carboxylic acid groups (broad SMARTS) is 1. The first-order chi connectivity index (χ1) is 27.5. The van der Waals surface area contributed by atoms with Gasteiger partial charge >= 0.3 is 5.97 Å². The first kappa shape index (κ1) is 43.1. The third kappa shape index (κ3) is 9.06. The van der Waals surface area contributed by atoms with Crippen molar-refractivity contribution in [3.63, 3.8) is 0 Å². The summed E-state index contributed by atoms with van der Waals surface area (Å²) in [5.41, 5.74) is 9.95. The van der Waals surface area contributed by atoms with Crippen molar-refractivity contribution in [3.8, 4) is 11.5 Å². The van der Waals surface area contributed by atoms with Gasteiger partial charge < -0.3 is 20.1 Å². The third-order valence-electron chi connectivity index (χ3n) is 11.1. The van der Waals surface area contributed by atoms with E-state index < -0.39 is 54.7 Å². The fourth-order valence-corrected chi connectivity index (χ4v) is 9.13. The van der Waals surface area contributed by atoms with Crippen LogP contribution in [0.4, 0.5) is 5.69 Å². The van der Waals surface area contributed by atoms with Gasteiger partial charge in [0.05, 0.1) is 22.7 Å². The van der Waals surface area contributed by atoms with E-state index in [1.165, 1.54) is 18.2 Å². The Balaban J connectivity index is 1.59. The molecule has 0 saturated carbocycles. The number of carbonyl (C=O) groups is 2. The lowest BCUT2D eigenvalue weighted by molar-refractivity contribution is 0.0696. The normalized spacial score (nSPS) is 16.3. The molecule has 312 valence electrons. The summed E-state index contributed by atoms with van der Waals surface area (Å²) in [7, 11) is -5.33. The summed E-state index contributed by atoms with van der Waals surface area (Å²) < 4.78 is 77.9. The molecule has 1 amide bonds. The molecule has 3 aliphatic rings. The number of nitrogens with zero attached hydrogens (tertiary/aromatic N) is 5. The average molecular weight is 848 g/mol. The van der Waals surface area contributed by atoms with E-state index >= 15 is 0 Å². The molecule has 6 rings (SSSR count). The second-order valence-corrected chi connectivity index (χ2v) is 19.0. The first-order valence-electron chi connectivity index (χ1n) is 18.9. The number of rotatable bonds is 14. The van der Waals surface area contributed by atoms with Crippen LogP contribution in [0.15, 0.2) is 59.7 Å². The number of benzene rings is 3. The minimum absolute atomic E-state index is 0.1000. The van der Waals surface area contributed by atoms with Crippen LogP contribution >= 0.6 is 0 Å². The number of unbranched alkanes of at least 4 members (excludes halogenated alkanes) is 3. The van der Waals surface area contributed by atoms with Gasteiger partial charge in [-0.2, -0.15) is 16.8 Å². The highest BCUT2D eigenvalue weighted by atomic mass is 32.2. The number of carbonyl (C=O) groups excluding carboxylic acids is 1. The van der Waals surface area contributed by atoms with Crippen molar-refractivity contribution in [3.05, 3.63) is 109 Å². The van der Waals surface area contributed by atoms with Crippen LogP contribution in [0, 0.1) is 0 Å². The Labute approximate surface area is 342 Å². The van der Waals surface area contributed by atoms with Gasteiger partial charge in [0.2, 0.25) is 5.36 Å². The summed E-state index contributed by atoms with van der Waals surface area (Å²) in [6.45, 7) is 8.29. The van der Waals surface area contributed by atoms with E-state index in [0.717, 1.165) is 19.3 Å². The second kappa shape index (κ2) is 15.9. The third-order valence-corrected chi connectivity index (χ3v) is 12.5. The summed E-state index contributed by atoms with van der Waals surface area (Å²) in [6.07, 6.45) is 6.47. The Hall–Kier alpha value is -5.52. The molecule has 0 unspecified atom stereocenters. The largest absolute Gasteiger partial charge is 0.478 e. The summed E-state index contributed by atoms with van der Waals surface area (Å²) in [6, 6.07) is 11.2. The molecule has 59 heavy (non-hydrogen) atoms. The number of carboxylic acids is 1. The standard InChI is InChI=1S/C41H46N6O10S2/c1-40(2)20-25(22-58(51,52)53)28-16-31-35(18-33(28)46(40)5)57-36-19-34-29(26(23-59(54,55)56)21-41(3,4)47(34)6)17-32(36)37(31)27-12-11-24(15-30(27)39(49)50)38(48)43-13-9-7-8-10-14-44-45-42/h11-12,15-21H,7-10,13-14,22-23H2,1-6H3,(H3-,43,48,49,50,51,52,53,54,55,56)/p+1. The number of anilines is 1. The molecule has 18 heteroatoms. The molecule has 3 aromatic carbocycles. The highest BCUT2D eigenvalue weighted by Gasteiger charge is 2.37. The maximum absolute atomic E-state index is 13.3. The van der Waals surface area contributed by atoms with Crippen molar-refractivity contribution < 1.29 is 45.4 Å². The van der Waals surface area contributed by atoms with Gasteiger partial charge in [-0.15, -0.1) is 0 Å². The Morgan fingerprint density at radius 1 is 0.864 bits per heavy atom. The van der Waals surface area contributed by atoms with Crippen LogP contribution in [0.1, 0.15) is 96.3 Å². The second-order valence-electron chi connectivity index (χ2n) is 16.1. The van der Waals surface area contributed by atoms with Gasteiger partial charge in [0, 0.05) is 78.1 Å². The monoisotopic (exact) mass is 847 g/mol. The molecule has 0 aliphatic carbocycles. The van der Waals surface area contributed by atoms with E-state index in [1.807, 2.05) is 51.3 Å². The molecular weight excluding hydrogens is 801 g/mol. The zero-order valence-corrected chi connectivity index (χ0v) is 35.2. The fourth-order valence-electron chi connectivity index (χ4n) is 7.87. The lowest BCUT2D eigenvalue weighted by Gasteiger charge is -2.41. The zero-order chi connectivity index (χ0) is 43.2. The van der Waals surface area contributed by atoms with Gasteiger partial charge in [0.25, 0.3) is 26.1 Å². The minimum Gasteiger partial charge on any atom is -0.478 e. The molecule has 0 spiro atoms. The van der Waals surface area contributed by atoms with Crippen molar-refractivity contribution in [1.82, 2.24) is 9.89 Å². The van der Waals surface area contributed by atoms with Crippen LogP contribution < -0.4 is 30.1 Å². The summed E-state index contributed by atoms with van der Waals surface area (Å²) in [5, 5.41) is 18.0. The van der Waals surface area contributed by atoms with Crippen LogP contribution in [0.25, 0.3) is 27.2 Å². The van der Waals surface area contributed by atoms with Gasteiger partial charge in [-0.05, 0) is 79.3 Å². The quantitative estimate of drug-likeness (QED) is 0.0328. The fraction of sp³-hybridized carbons (Fsp3) is 0.390. The number of aromatic carboxylic acids is 1. The van der Waals surface area contributed by atoms with Gasteiger partial charge in [0.1, 0.15) is 30.1 Å². The van der Waals surface area contributed by atoms with E-state index in [2.05, 4.69) is 15.3 Å². The molecule has 3 aromatic rings. The number of likely N-dealkylation sites (N-methyl/N-ethyl adjacent to an activating group) is 2. The molecule has 3 heterocycles. The van der Waals surface area contributed by atoms with Crippen LogP contribution in [0.2, 0.25) is 0 Å². The van der Waals surface area contributed by atoms with Crippen LogP contribution in [-0.4, -0.2) is 92.7 Å². The van der Waals surface area contributed by atoms with Crippen molar-refractivity contribution >= 4 is 54.5 Å². The maximum Gasteiger partial charge on any atom is 0.336 e. The SMILES string of the molecule is CN1c2cc3c(cc2C(CS(=O)(=O)O)=CC1(C)C)C(c1ccc(C(=O)NCCCCCCN=[N+]=[N-])cc1C(=O)O)=c1cc2c(cc1O3)=[N+](C)C(C)(C)C=C2CS(=O)(=O)O. The predicted molar refractivity (Wildman–Crippen MR) is 225 cm³/mol. The van der Waals surface area contributed by atoms with Crippen LogP contribution in [0.5, 0.6) is 11.5 Å². The number of hydrogen-bond donors (Lipinski definition) is 4.